The van der Waals surface area contributed by atoms with Crippen LogP contribution in [0, 0.1) is 24.7 Å². The molecule has 138 valence electrons. The summed E-state index contributed by atoms with van der Waals surface area (Å²) in [5, 5.41) is 5.34. The normalized spacial score (nSPS) is 28.2. The number of nitrogens with two attached hydrogens (primary N) is 1. The molecular formula is C19H28N2O3S. The molecule has 0 aromatic heterocycles. The van der Waals surface area contributed by atoms with E-state index in [0.29, 0.717) is 11.1 Å². The minimum Gasteiger partial charge on any atom is -0.335 e. The van der Waals surface area contributed by atoms with Gasteiger partial charge in [-0.25, -0.2) is 13.6 Å². The number of hydrogen-bond donors (Lipinski definition) is 1. The predicted molar refractivity (Wildman–Crippen MR) is 97.9 cm³/mol. The Bertz CT molecular complexity index is 844. The topological polar surface area (TPSA) is 80.5 Å². The highest BCUT2D eigenvalue weighted by molar-refractivity contribution is 7.89. The van der Waals surface area contributed by atoms with Crippen LogP contribution in [0.15, 0.2) is 17.0 Å². The van der Waals surface area contributed by atoms with E-state index in [1.807, 2.05) is 11.8 Å². The van der Waals surface area contributed by atoms with Crippen LogP contribution in [0.4, 0.5) is 0 Å². The lowest BCUT2D eigenvalue weighted by molar-refractivity contribution is 0.0708. The van der Waals surface area contributed by atoms with E-state index in [4.69, 9.17) is 5.14 Å². The highest BCUT2D eigenvalue weighted by atomic mass is 32.2. The minimum atomic E-state index is -3.85. The van der Waals surface area contributed by atoms with Gasteiger partial charge < -0.3 is 4.90 Å². The fourth-order valence-corrected chi connectivity index (χ4v) is 5.99. The summed E-state index contributed by atoms with van der Waals surface area (Å²) in [5.74, 6) is -0.0839. The third-order valence-electron chi connectivity index (χ3n) is 5.85. The van der Waals surface area contributed by atoms with E-state index < -0.39 is 10.0 Å². The minimum absolute atomic E-state index is 0.0459. The molecule has 1 heterocycles. The molecule has 1 saturated heterocycles. The average molecular weight is 365 g/mol. The molecule has 25 heavy (non-hydrogen) atoms. The zero-order valence-electron chi connectivity index (χ0n) is 15.7. The Morgan fingerprint density at radius 2 is 1.84 bits per heavy atom. The van der Waals surface area contributed by atoms with Crippen LogP contribution in [0.25, 0.3) is 0 Å². The molecule has 0 spiro atoms. The fraction of sp³-hybridized carbons (Fsp3) is 0.632. The number of nitrogens with zero attached hydrogens (tertiary/aromatic N) is 1. The number of aryl methyl sites for hydroxylation is 1. The van der Waals surface area contributed by atoms with Crippen molar-refractivity contribution in [3.63, 3.8) is 0 Å². The molecule has 2 atom stereocenters. The van der Waals surface area contributed by atoms with Crippen molar-refractivity contribution in [2.45, 2.75) is 64.8 Å². The van der Waals surface area contributed by atoms with E-state index >= 15 is 0 Å². The molecule has 1 aromatic rings. The predicted octanol–water partition coefficient (Wildman–Crippen LogP) is 2.99. The van der Waals surface area contributed by atoms with Gasteiger partial charge in [0.25, 0.3) is 5.91 Å². The number of carbonyl (C=O) groups is 1. The highest BCUT2D eigenvalue weighted by Crippen LogP contribution is 2.52. The molecule has 1 amide bonds. The molecule has 5 nitrogen and oxygen atoms in total. The van der Waals surface area contributed by atoms with E-state index in [1.54, 1.807) is 13.0 Å². The zero-order chi connectivity index (χ0) is 18.8. The van der Waals surface area contributed by atoms with Crippen molar-refractivity contribution >= 4 is 15.9 Å². The van der Waals surface area contributed by atoms with Gasteiger partial charge in [-0.15, -0.1) is 0 Å². The van der Waals surface area contributed by atoms with Gasteiger partial charge in [0.2, 0.25) is 10.0 Å². The van der Waals surface area contributed by atoms with E-state index in [9.17, 15) is 13.2 Å². The monoisotopic (exact) mass is 364 g/mol. The van der Waals surface area contributed by atoms with Gasteiger partial charge in [0.1, 0.15) is 0 Å². The van der Waals surface area contributed by atoms with Crippen LogP contribution in [-0.2, 0) is 10.0 Å². The number of likely N-dealkylation sites (tertiary alicyclic amines) is 1. The van der Waals surface area contributed by atoms with Crippen LogP contribution < -0.4 is 5.14 Å². The third-order valence-corrected chi connectivity index (χ3v) is 6.89. The van der Waals surface area contributed by atoms with Gasteiger partial charge in [-0.05, 0) is 67.2 Å². The van der Waals surface area contributed by atoms with Crippen LogP contribution in [0.2, 0.25) is 0 Å². The molecule has 2 N–H and O–H groups in total. The van der Waals surface area contributed by atoms with E-state index in [2.05, 4.69) is 20.8 Å². The van der Waals surface area contributed by atoms with Crippen molar-refractivity contribution in [2.75, 3.05) is 6.54 Å². The van der Waals surface area contributed by atoms with Crippen molar-refractivity contribution in [3.8, 4) is 0 Å². The molecule has 0 radical (unpaired) electrons. The van der Waals surface area contributed by atoms with Gasteiger partial charge in [0.15, 0.2) is 0 Å². The van der Waals surface area contributed by atoms with E-state index in [1.165, 1.54) is 6.07 Å². The lowest BCUT2D eigenvalue weighted by atomic mass is 9.65. The van der Waals surface area contributed by atoms with Crippen molar-refractivity contribution in [3.05, 3.63) is 28.8 Å². The summed E-state index contributed by atoms with van der Waals surface area (Å²) in [4.78, 5) is 15.2. The summed E-state index contributed by atoms with van der Waals surface area (Å²) in [6.45, 7) is 11.0. The van der Waals surface area contributed by atoms with Crippen molar-refractivity contribution in [2.24, 2.45) is 16.0 Å². The maximum atomic E-state index is 13.2. The molecule has 3 rings (SSSR count). The maximum Gasteiger partial charge on any atom is 0.254 e. The molecule has 1 saturated carbocycles. The van der Waals surface area contributed by atoms with Gasteiger partial charge in [0, 0.05) is 18.2 Å². The number of benzene rings is 1. The van der Waals surface area contributed by atoms with Crippen LogP contribution in [0.5, 0.6) is 0 Å². The average Bonchev–Trinajstić information content (AvgIpc) is 2.68. The highest BCUT2D eigenvalue weighted by Gasteiger charge is 2.51. The van der Waals surface area contributed by atoms with Crippen LogP contribution in [0.3, 0.4) is 0 Å². The largest absolute Gasteiger partial charge is 0.335 e. The fourth-order valence-electron chi connectivity index (χ4n) is 5.11. The number of amides is 1. The lowest BCUT2D eigenvalue weighted by Gasteiger charge is -2.39. The number of hydrogen-bond acceptors (Lipinski definition) is 3. The van der Waals surface area contributed by atoms with Crippen LogP contribution in [0.1, 0.15) is 61.5 Å². The first-order valence-corrected chi connectivity index (χ1v) is 10.3. The smallest absolute Gasteiger partial charge is 0.254 e. The molecule has 2 aliphatic rings. The standard InChI is InChI=1S/C19H28N2O3S/c1-12-6-14(7-16(13(12)2)25(20,23)24)17(22)21-11-19(5)9-15(21)8-18(3,4)10-19/h6-7,15H,8-11H2,1-5H3,(H2,20,23,24)/t15?,19-/m1/s1. The second-order valence-corrected chi connectivity index (χ2v) is 10.6. The summed E-state index contributed by atoms with van der Waals surface area (Å²) in [7, 11) is -3.85. The second kappa shape index (κ2) is 5.55. The van der Waals surface area contributed by atoms with Crippen molar-refractivity contribution < 1.29 is 13.2 Å². The van der Waals surface area contributed by atoms with Gasteiger partial charge in [-0.2, -0.15) is 0 Å². The zero-order valence-corrected chi connectivity index (χ0v) is 16.5. The molecule has 1 aliphatic carbocycles. The van der Waals surface area contributed by atoms with E-state index in [0.717, 1.165) is 31.4 Å². The number of rotatable bonds is 2. The first-order chi connectivity index (χ1) is 11.3. The van der Waals surface area contributed by atoms with Crippen molar-refractivity contribution in [1.82, 2.24) is 4.90 Å². The van der Waals surface area contributed by atoms with E-state index in [-0.39, 0.29) is 27.7 Å². The van der Waals surface area contributed by atoms with Crippen LogP contribution >= 0.6 is 0 Å². The molecule has 1 unspecified atom stereocenters. The third kappa shape index (κ3) is 3.34. The SMILES string of the molecule is Cc1cc(C(=O)N2C[C@]3(C)CC2CC(C)(C)C3)cc(S(N)(=O)=O)c1C. The Hall–Kier alpha value is -1.40. The molecule has 1 aromatic carbocycles. The quantitative estimate of drug-likeness (QED) is 0.876. The van der Waals surface area contributed by atoms with Gasteiger partial charge in [-0.1, -0.05) is 20.8 Å². The summed E-state index contributed by atoms with van der Waals surface area (Å²) in [6.07, 6.45) is 3.12. The first kappa shape index (κ1) is 18.4. The molecule has 2 bridgehead atoms. The van der Waals surface area contributed by atoms with Crippen LogP contribution in [-0.4, -0.2) is 31.8 Å². The van der Waals surface area contributed by atoms with Gasteiger partial charge in [-0.3, -0.25) is 4.79 Å². The number of primary sulfonamides is 1. The Kier molecular flexibility index (Phi) is 4.08. The van der Waals surface area contributed by atoms with Crippen molar-refractivity contribution in [1.29, 1.82) is 0 Å². The maximum absolute atomic E-state index is 13.2. The second-order valence-electron chi connectivity index (χ2n) is 9.11. The number of fused-ring (bicyclic) bond motifs is 2. The summed E-state index contributed by atoms with van der Waals surface area (Å²) >= 11 is 0. The Labute approximate surface area is 150 Å². The molecular weight excluding hydrogens is 336 g/mol. The summed E-state index contributed by atoms with van der Waals surface area (Å²) in [6, 6.07) is 3.44. The molecule has 6 heteroatoms. The summed E-state index contributed by atoms with van der Waals surface area (Å²) < 4.78 is 23.7. The van der Waals surface area contributed by atoms with Gasteiger partial charge >= 0.3 is 0 Å². The van der Waals surface area contributed by atoms with Gasteiger partial charge in [0.05, 0.1) is 4.90 Å². The Balaban J connectivity index is 1.99. The molecule has 1 aliphatic heterocycles. The first-order valence-electron chi connectivity index (χ1n) is 8.76. The number of sulfonamides is 1. The Morgan fingerprint density at radius 3 is 2.44 bits per heavy atom. The molecule has 2 fully saturated rings. The summed E-state index contributed by atoms with van der Waals surface area (Å²) in [5.41, 5.74) is 2.16. The Morgan fingerprint density at radius 1 is 1.20 bits per heavy atom. The number of carbonyl (C=O) groups excluding carboxylic acids is 1. The lowest BCUT2D eigenvalue weighted by Crippen LogP contribution is -2.37.